The lowest BCUT2D eigenvalue weighted by Crippen LogP contribution is -2.56. The third kappa shape index (κ3) is 3.41. The Kier molecular flexibility index (Phi) is 5.22. The Balaban J connectivity index is 1.86. The van der Waals surface area contributed by atoms with E-state index in [-0.39, 0.29) is 0 Å². The number of nitrogens with one attached hydrogen (secondary N) is 1. The fourth-order valence-corrected chi connectivity index (χ4v) is 3.48. The number of piperazine rings is 1. The largest absolute Gasteiger partial charge is 0.330 e. The van der Waals surface area contributed by atoms with Crippen molar-refractivity contribution < 1.29 is 0 Å². The maximum absolute atomic E-state index is 5.76. The number of nitrogens with zero attached hydrogens (tertiary/aromatic N) is 1. The van der Waals surface area contributed by atoms with Crippen molar-refractivity contribution in [2.75, 3.05) is 39.3 Å². The molecule has 1 atom stereocenters. The Morgan fingerprint density at radius 2 is 1.88 bits per heavy atom. The van der Waals surface area contributed by atoms with Crippen LogP contribution in [0.4, 0.5) is 0 Å². The monoisotopic (exact) mass is 240 g/mol. The van der Waals surface area contributed by atoms with E-state index < -0.39 is 0 Å². The maximum atomic E-state index is 5.76. The molecule has 1 heterocycles. The van der Waals surface area contributed by atoms with Crippen LogP contribution < -0.4 is 16.8 Å². The van der Waals surface area contributed by atoms with E-state index in [9.17, 15) is 0 Å². The van der Waals surface area contributed by atoms with Gasteiger partial charge in [-0.25, -0.2) is 0 Å². The normalized spacial score (nSPS) is 36.0. The molecule has 4 nitrogen and oxygen atoms in total. The highest BCUT2D eigenvalue weighted by molar-refractivity contribution is 4.88. The summed E-state index contributed by atoms with van der Waals surface area (Å²) in [6.45, 7) is 6.16. The molecular formula is C13H28N4. The van der Waals surface area contributed by atoms with Crippen LogP contribution in [0.3, 0.4) is 0 Å². The van der Waals surface area contributed by atoms with E-state index in [0.29, 0.717) is 6.04 Å². The molecule has 2 fully saturated rings. The molecule has 0 bridgehead atoms. The summed E-state index contributed by atoms with van der Waals surface area (Å²) in [4.78, 5) is 2.60. The van der Waals surface area contributed by atoms with Crippen LogP contribution in [-0.2, 0) is 0 Å². The van der Waals surface area contributed by atoms with Gasteiger partial charge in [-0.3, -0.25) is 4.90 Å². The molecule has 0 aromatic heterocycles. The standard InChI is InChI=1S/C13H28N4/c14-5-7-17-8-6-16-10-13(17)12-3-1-11(9-15)2-4-12/h11-13,16H,1-10,14-15H2/t11-,12-,13?. The summed E-state index contributed by atoms with van der Waals surface area (Å²) in [6.07, 6.45) is 5.37. The van der Waals surface area contributed by atoms with Crippen molar-refractivity contribution in [3.05, 3.63) is 0 Å². The Labute approximate surface area is 105 Å². The second kappa shape index (κ2) is 6.69. The quantitative estimate of drug-likeness (QED) is 0.646. The third-order valence-corrected chi connectivity index (χ3v) is 4.58. The first-order valence-corrected chi connectivity index (χ1v) is 7.20. The molecule has 1 unspecified atom stereocenters. The SMILES string of the molecule is NCCN1CCNCC1[C@H]1CC[C@H](CN)CC1. The molecule has 2 aliphatic rings. The smallest absolute Gasteiger partial charge is 0.0249 e. The zero-order valence-electron chi connectivity index (χ0n) is 10.9. The van der Waals surface area contributed by atoms with E-state index in [1.54, 1.807) is 0 Å². The summed E-state index contributed by atoms with van der Waals surface area (Å²) in [5, 5.41) is 3.54. The predicted octanol–water partition coefficient (Wildman–Crippen LogP) is -0.0160. The average Bonchev–Trinajstić information content (AvgIpc) is 2.40. The number of hydrogen-bond donors (Lipinski definition) is 3. The minimum Gasteiger partial charge on any atom is -0.330 e. The molecule has 1 aliphatic carbocycles. The molecule has 0 amide bonds. The highest BCUT2D eigenvalue weighted by Gasteiger charge is 2.32. The molecule has 0 aromatic rings. The van der Waals surface area contributed by atoms with Crippen LogP contribution in [0, 0.1) is 11.8 Å². The minimum absolute atomic E-state index is 0.714. The Hall–Kier alpha value is -0.160. The van der Waals surface area contributed by atoms with Crippen molar-refractivity contribution in [1.82, 2.24) is 10.2 Å². The molecule has 100 valence electrons. The van der Waals surface area contributed by atoms with Crippen molar-refractivity contribution in [3.8, 4) is 0 Å². The molecule has 1 saturated heterocycles. The van der Waals surface area contributed by atoms with Crippen molar-refractivity contribution in [1.29, 1.82) is 0 Å². The van der Waals surface area contributed by atoms with Crippen LogP contribution in [0.2, 0.25) is 0 Å². The maximum Gasteiger partial charge on any atom is 0.0249 e. The molecule has 17 heavy (non-hydrogen) atoms. The molecule has 4 heteroatoms. The molecule has 2 rings (SSSR count). The predicted molar refractivity (Wildman–Crippen MR) is 71.8 cm³/mol. The van der Waals surface area contributed by atoms with Crippen LogP contribution in [0.5, 0.6) is 0 Å². The van der Waals surface area contributed by atoms with Gasteiger partial charge in [-0.15, -0.1) is 0 Å². The lowest BCUT2D eigenvalue weighted by molar-refractivity contribution is 0.0864. The van der Waals surface area contributed by atoms with Gasteiger partial charge in [0.15, 0.2) is 0 Å². The summed E-state index contributed by atoms with van der Waals surface area (Å²) < 4.78 is 0. The van der Waals surface area contributed by atoms with Gasteiger partial charge in [0, 0.05) is 38.8 Å². The van der Waals surface area contributed by atoms with Crippen LogP contribution in [-0.4, -0.2) is 50.2 Å². The van der Waals surface area contributed by atoms with Gasteiger partial charge in [0.05, 0.1) is 0 Å². The second-order valence-electron chi connectivity index (χ2n) is 5.61. The zero-order valence-corrected chi connectivity index (χ0v) is 10.9. The van der Waals surface area contributed by atoms with Crippen LogP contribution >= 0.6 is 0 Å². The summed E-state index contributed by atoms with van der Waals surface area (Å²) in [6, 6.07) is 0.714. The molecule has 0 radical (unpaired) electrons. The molecule has 0 aromatic carbocycles. The van der Waals surface area contributed by atoms with E-state index in [4.69, 9.17) is 11.5 Å². The van der Waals surface area contributed by atoms with Gasteiger partial charge in [-0.1, -0.05) is 0 Å². The van der Waals surface area contributed by atoms with Gasteiger partial charge >= 0.3 is 0 Å². The summed E-state index contributed by atoms with van der Waals surface area (Å²) in [7, 11) is 0. The zero-order chi connectivity index (χ0) is 12.1. The molecular weight excluding hydrogens is 212 g/mol. The summed E-state index contributed by atoms with van der Waals surface area (Å²) >= 11 is 0. The number of hydrogen-bond acceptors (Lipinski definition) is 4. The van der Waals surface area contributed by atoms with Gasteiger partial charge in [-0.2, -0.15) is 0 Å². The van der Waals surface area contributed by atoms with Crippen molar-refractivity contribution >= 4 is 0 Å². The Bertz CT molecular complexity index is 211. The van der Waals surface area contributed by atoms with Crippen LogP contribution in [0.1, 0.15) is 25.7 Å². The third-order valence-electron chi connectivity index (χ3n) is 4.58. The highest BCUT2D eigenvalue weighted by Crippen LogP contribution is 2.32. The lowest BCUT2D eigenvalue weighted by Gasteiger charge is -2.43. The first-order chi connectivity index (χ1) is 8.35. The molecule has 1 saturated carbocycles. The van der Waals surface area contributed by atoms with Gasteiger partial charge in [-0.05, 0) is 44.1 Å². The second-order valence-corrected chi connectivity index (χ2v) is 5.61. The van der Waals surface area contributed by atoms with E-state index in [1.165, 1.54) is 32.2 Å². The fourth-order valence-electron chi connectivity index (χ4n) is 3.48. The van der Waals surface area contributed by atoms with Crippen LogP contribution in [0.15, 0.2) is 0 Å². The van der Waals surface area contributed by atoms with Crippen molar-refractivity contribution in [2.24, 2.45) is 23.3 Å². The van der Waals surface area contributed by atoms with E-state index in [0.717, 1.165) is 44.6 Å². The number of nitrogens with two attached hydrogens (primary N) is 2. The van der Waals surface area contributed by atoms with Crippen molar-refractivity contribution in [2.45, 2.75) is 31.7 Å². The average molecular weight is 240 g/mol. The van der Waals surface area contributed by atoms with E-state index >= 15 is 0 Å². The lowest BCUT2D eigenvalue weighted by atomic mass is 9.77. The first kappa shape index (κ1) is 13.3. The Morgan fingerprint density at radius 1 is 1.12 bits per heavy atom. The van der Waals surface area contributed by atoms with Crippen LogP contribution in [0.25, 0.3) is 0 Å². The van der Waals surface area contributed by atoms with Gasteiger partial charge in [0.2, 0.25) is 0 Å². The topological polar surface area (TPSA) is 67.3 Å². The molecule has 0 spiro atoms. The minimum atomic E-state index is 0.714. The van der Waals surface area contributed by atoms with E-state index in [2.05, 4.69) is 10.2 Å². The first-order valence-electron chi connectivity index (χ1n) is 7.20. The van der Waals surface area contributed by atoms with Crippen molar-refractivity contribution in [3.63, 3.8) is 0 Å². The Morgan fingerprint density at radius 3 is 2.53 bits per heavy atom. The van der Waals surface area contributed by atoms with Gasteiger partial charge in [0.25, 0.3) is 0 Å². The molecule has 1 aliphatic heterocycles. The summed E-state index contributed by atoms with van der Waals surface area (Å²) in [5.41, 5.74) is 11.5. The highest BCUT2D eigenvalue weighted by atomic mass is 15.2. The molecule has 5 N–H and O–H groups in total. The number of rotatable bonds is 4. The van der Waals surface area contributed by atoms with Gasteiger partial charge in [0.1, 0.15) is 0 Å². The summed E-state index contributed by atoms with van der Waals surface area (Å²) in [5.74, 6) is 1.64. The van der Waals surface area contributed by atoms with Gasteiger partial charge < -0.3 is 16.8 Å². The van der Waals surface area contributed by atoms with E-state index in [1.807, 2.05) is 0 Å². The fraction of sp³-hybridized carbons (Fsp3) is 1.00.